The average molecular weight is 183 g/mol. The van der Waals surface area contributed by atoms with Gasteiger partial charge in [-0.25, -0.2) is 0 Å². The van der Waals surface area contributed by atoms with Crippen LogP contribution in [0.4, 0.5) is 0 Å². The number of esters is 1. The van der Waals surface area contributed by atoms with Gasteiger partial charge in [-0.1, -0.05) is 6.42 Å². The number of nitrogens with one attached hydrogen (secondary N) is 1. The first-order chi connectivity index (χ1) is 6.29. The lowest BCUT2D eigenvalue weighted by Crippen LogP contribution is -2.39. The molecule has 2 rings (SSSR count). The molecule has 0 spiro atoms. The largest absolute Gasteiger partial charge is 0.466 e. The summed E-state index contributed by atoms with van der Waals surface area (Å²) in [6.45, 7) is 3.36. The van der Waals surface area contributed by atoms with E-state index in [4.69, 9.17) is 4.74 Å². The van der Waals surface area contributed by atoms with E-state index < -0.39 is 0 Å². The molecular formula is C10H17NO2. The van der Waals surface area contributed by atoms with Gasteiger partial charge in [0.25, 0.3) is 0 Å². The van der Waals surface area contributed by atoms with Crippen molar-refractivity contribution in [1.29, 1.82) is 0 Å². The van der Waals surface area contributed by atoms with E-state index in [1.807, 2.05) is 6.92 Å². The van der Waals surface area contributed by atoms with Crippen LogP contribution in [0.2, 0.25) is 0 Å². The first kappa shape index (κ1) is 9.00. The van der Waals surface area contributed by atoms with Crippen LogP contribution < -0.4 is 5.32 Å². The van der Waals surface area contributed by atoms with Crippen molar-refractivity contribution in [3.8, 4) is 0 Å². The average Bonchev–Trinajstić information content (AvgIpc) is 2.61. The molecule has 1 aliphatic heterocycles. The van der Waals surface area contributed by atoms with Gasteiger partial charge in [0.1, 0.15) is 0 Å². The van der Waals surface area contributed by atoms with E-state index in [0.29, 0.717) is 12.6 Å². The fourth-order valence-electron chi connectivity index (χ4n) is 2.76. The summed E-state index contributed by atoms with van der Waals surface area (Å²) < 4.78 is 5.15. The summed E-state index contributed by atoms with van der Waals surface area (Å²) in [4.78, 5) is 11.8. The maximum Gasteiger partial charge on any atom is 0.313 e. The molecule has 0 aromatic carbocycles. The highest BCUT2D eigenvalue weighted by Crippen LogP contribution is 2.45. The molecule has 1 saturated heterocycles. The molecule has 2 atom stereocenters. The number of hydrogen-bond acceptors (Lipinski definition) is 3. The number of carbonyl (C=O) groups excluding carboxylic acids is 1. The van der Waals surface area contributed by atoms with Crippen molar-refractivity contribution >= 4 is 5.97 Å². The fraction of sp³-hybridized carbons (Fsp3) is 0.900. The van der Waals surface area contributed by atoms with Crippen LogP contribution in [0.5, 0.6) is 0 Å². The third kappa shape index (κ3) is 1.26. The minimum Gasteiger partial charge on any atom is -0.466 e. The van der Waals surface area contributed by atoms with Gasteiger partial charge < -0.3 is 10.1 Å². The van der Waals surface area contributed by atoms with Gasteiger partial charge in [-0.2, -0.15) is 0 Å². The second kappa shape index (κ2) is 3.29. The second-order valence-electron chi connectivity index (χ2n) is 4.03. The van der Waals surface area contributed by atoms with E-state index in [9.17, 15) is 4.79 Å². The van der Waals surface area contributed by atoms with Crippen LogP contribution >= 0.6 is 0 Å². The summed E-state index contributed by atoms with van der Waals surface area (Å²) in [5.41, 5.74) is -0.157. The molecule has 0 aromatic rings. The SMILES string of the molecule is CCOC(=O)[C@]12CCC[C@H]1NCC2. The summed E-state index contributed by atoms with van der Waals surface area (Å²) in [6, 6.07) is 0.395. The molecule has 0 unspecified atom stereocenters. The molecule has 0 aromatic heterocycles. The van der Waals surface area contributed by atoms with E-state index >= 15 is 0 Å². The summed E-state index contributed by atoms with van der Waals surface area (Å²) in [6.07, 6.45) is 4.29. The predicted octanol–water partition coefficient (Wildman–Crippen LogP) is 1.08. The standard InChI is InChI=1S/C10H17NO2/c1-2-13-9(12)10-5-3-4-8(10)11-7-6-10/h8,11H,2-7H2,1H3/t8-,10+/m1/s1. The Bertz CT molecular complexity index is 205. The van der Waals surface area contributed by atoms with Crippen LogP contribution in [-0.4, -0.2) is 25.2 Å². The Morgan fingerprint density at radius 3 is 3.23 bits per heavy atom. The Morgan fingerprint density at radius 1 is 1.62 bits per heavy atom. The lowest BCUT2D eigenvalue weighted by Gasteiger charge is -2.25. The molecule has 0 amide bonds. The van der Waals surface area contributed by atoms with Gasteiger partial charge in [0, 0.05) is 6.04 Å². The van der Waals surface area contributed by atoms with Crippen LogP contribution in [0.25, 0.3) is 0 Å². The van der Waals surface area contributed by atoms with Gasteiger partial charge in [0.15, 0.2) is 0 Å². The highest BCUT2D eigenvalue weighted by atomic mass is 16.5. The van der Waals surface area contributed by atoms with Crippen molar-refractivity contribution in [2.45, 2.75) is 38.6 Å². The summed E-state index contributed by atoms with van der Waals surface area (Å²) in [5.74, 6) is 0.0301. The van der Waals surface area contributed by atoms with Gasteiger partial charge in [0.2, 0.25) is 0 Å². The van der Waals surface area contributed by atoms with Crippen molar-refractivity contribution in [3.63, 3.8) is 0 Å². The van der Waals surface area contributed by atoms with Crippen molar-refractivity contribution < 1.29 is 9.53 Å². The molecule has 1 saturated carbocycles. The highest BCUT2D eigenvalue weighted by Gasteiger charge is 2.52. The smallest absolute Gasteiger partial charge is 0.313 e. The Labute approximate surface area is 78.8 Å². The zero-order chi connectivity index (χ0) is 9.31. The first-order valence-corrected chi connectivity index (χ1v) is 5.20. The van der Waals surface area contributed by atoms with Crippen molar-refractivity contribution in [3.05, 3.63) is 0 Å². The van der Waals surface area contributed by atoms with Crippen LogP contribution in [0, 0.1) is 5.41 Å². The quantitative estimate of drug-likeness (QED) is 0.651. The minimum atomic E-state index is -0.157. The Morgan fingerprint density at radius 2 is 2.46 bits per heavy atom. The van der Waals surface area contributed by atoms with Gasteiger partial charge in [-0.05, 0) is 32.7 Å². The molecule has 13 heavy (non-hydrogen) atoms. The van der Waals surface area contributed by atoms with E-state index in [2.05, 4.69) is 5.32 Å². The lowest BCUT2D eigenvalue weighted by molar-refractivity contribution is -0.155. The van der Waals surface area contributed by atoms with Crippen molar-refractivity contribution in [2.75, 3.05) is 13.2 Å². The maximum absolute atomic E-state index is 11.8. The normalized spacial score (nSPS) is 37.5. The maximum atomic E-state index is 11.8. The van der Waals surface area contributed by atoms with Gasteiger partial charge in [-0.15, -0.1) is 0 Å². The molecule has 0 radical (unpaired) electrons. The van der Waals surface area contributed by atoms with Crippen molar-refractivity contribution in [2.24, 2.45) is 5.41 Å². The Balaban J connectivity index is 2.12. The van der Waals surface area contributed by atoms with E-state index in [1.54, 1.807) is 0 Å². The molecule has 2 fully saturated rings. The number of ether oxygens (including phenoxy) is 1. The van der Waals surface area contributed by atoms with Crippen LogP contribution in [0.1, 0.15) is 32.6 Å². The second-order valence-corrected chi connectivity index (χ2v) is 4.03. The molecule has 1 heterocycles. The molecule has 3 heteroatoms. The summed E-state index contributed by atoms with van der Waals surface area (Å²) in [5, 5.41) is 3.40. The van der Waals surface area contributed by atoms with E-state index in [0.717, 1.165) is 32.2 Å². The molecular weight excluding hydrogens is 166 g/mol. The fourth-order valence-corrected chi connectivity index (χ4v) is 2.76. The summed E-state index contributed by atoms with van der Waals surface area (Å²) in [7, 11) is 0. The van der Waals surface area contributed by atoms with Crippen LogP contribution in [0.3, 0.4) is 0 Å². The lowest BCUT2D eigenvalue weighted by atomic mass is 9.82. The Hall–Kier alpha value is -0.570. The van der Waals surface area contributed by atoms with Crippen LogP contribution in [-0.2, 0) is 9.53 Å². The molecule has 3 nitrogen and oxygen atoms in total. The molecule has 2 aliphatic rings. The molecule has 74 valence electrons. The third-order valence-corrected chi connectivity index (χ3v) is 3.43. The topological polar surface area (TPSA) is 38.3 Å². The zero-order valence-electron chi connectivity index (χ0n) is 8.14. The van der Waals surface area contributed by atoms with E-state index in [-0.39, 0.29) is 11.4 Å². The van der Waals surface area contributed by atoms with Crippen LogP contribution in [0.15, 0.2) is 0 Å². The number of fused-ring (bicyclic) bond motifs is 1. The number of hydrogen-bond donors (Lipinski definition) is 1. The first-order valence-electron chi connectivity index (χ1n) is 5.20. The molecule has 1 aliphatic carbocycles. The summed E-state index contributed by atoms with van der Waals surface area (Å²) >= 11 is 0. The van der Waals surface area contributed by atoms with Crippen molar-refractivity contribution in [1.82, 2.24) is 5.32 Å². The third-order valence-electron chi connectivity index (χ3n) is 3.43. The molecule has 1 N–H and O–H groups in total. The van der Waals surface area contributed by atoms with E-state index in [1.165, 1.54) is 0 Å². The van der Waals surface area contributed by atoms with Gasteiger partial charge in [0.05, 0.1) is 12.0 Å². The number of carbonyl (C=O) groups is 1. The monoisotopic (exact) mass is 183 g/mol. The number of rotatable bonds is 2. The zero-order valence-corrected chi connectivity index (χ0v) is 8.14. The van der Waals surface area contributed by atoms with Gasteiger partial charge in [-0.3, -0.25) is 4.79 Å². The predicted molar refractivity (Wildman–Crippen MR) is 49.3 cm³/mol. The Kier molecular flexibility index (Phi) is 2.28. The minimum absolute atomic E-state index is 0.0301. The van der Waals surface area contributed by atoms with Gasteiger partial charge >= 0.3 is 5.97 Å². The molecule has 0 bridgehead atoms. The highest BCUT2D eigenvalue weighted by molar-refractivity contribution is 5.78.